The highest BCUT2D eigenvalue weighted by atomic mass is 15.3. The molecule has 0 saturated carbocycles. The molecule has 0 atom stereocenters. The number of hydrogen-bond donors (Lipinski definition) is 0. The van der Waals surface area contributed by atoms with Crippen LogP contribution in [-0.2, 0) is 0 Å². The Labute approximate surface area is 106 Å². The van der Waals surface area contributed by atoms with Gasteiger partial charge < -0.3 is 14.7 Å². The summed E-state index contributed by atoms with van der Waals surface area (Å²) in [5, 5.41) is 0. The van der Waals surface area contributed by atoms with Crippen molar-refractivity contribution in [2.45, 2.75) is 19.8 Å². The molecule has 0 bridgehead atoms. The quantitative estimate of drug-likeness (QED) is 0.724. The molecule has 3 nitrogen and oxygen atoms in total. The van der Waals surface area contributed by atoms with Gasteiger partial charge in [0.2, 0.25) is 0 Å². The average Bonchev–Trinajstić information content (AvgIpc) is 2.25. The van der Waals surface area contributed by atoms with Gasteiger partial charge in [-0.1, -0.05) is 6.92 Å². The first-order valence-electron chi connectivity index (χ1n) is 7.32. The predicted octanol–water partition coefficient (Wildman–Crippen LogP) is 0.966. The first-order chi connectivity index (χ1) is 8.19. The Bertz CT molecular complexity index is 257. The van der Waals surface area contributed by atoms with Crippen LogP contribution in [0, 0.1) is 11.3 Å². The van der Waals surface area contributed by atoms with E-state index in [-0.39, 0.29) is 0 Å². The molecule has 0 aromatic rings. The summed E-state index contributed by atoms with van der Waals surface area (Å²) in [5.41, 5.74) is 0.721. The monoisotopic (exact) mass is 237 g/mol. The first-order valence-corrected chi connectivity index (χ1v) is 7.32. The van der Waals surface area contributed by atoms with Crippen LogP contribution in [0.15, 0.2) is 0 Å². The van der Waals surface area contributed by atoms with E-state index in [0.29, 0.717) is 0 Å². The molecule has 0 radical (unpaired) electrons. The molecule has 17 heavy (non-hydrogen) atoms. The molecule has 3 fully saturated rings. The van der Waals surface area contributed by atoms with E-state index in [1.54, 1.807) is 0 Å². The lowest BCUT2D eigenvalue weighted by molar-refractivity contribution is -0.110. The number of nitrogens with zero attached hydrogens (tertiary/aromatic N) is 3. The smallest absolute Gasteiger partial charge is 0.0212 e. The summed E-state index contributed by atoms with van der Waals surface area (Å²) in [6.45, 7) is 13.0. The van der Waals surface area contributed by atoms with Crippen molar-refractivity contribution in [2.75, 3.05) is 59.4 Å². The zero-order chi connectivity index (χ0) is 11.9. The second-order valence-corrected chi connectivity index (χ2v) is 6.72. The lowest BCUT2D eigenvalue weighted by atomic mass is 9.72. The topological polar surface area (TPSA) is 9.72 Å². The van der Waals surface area contributed by atoms with Gasteiger partial charge in [-0.2, -0.15) is 0 Å². The zero-order valence-electron chi connectivity index (χ0n) is 11.5. The van der Waals surface area contributed by atoms with Crippen LogP contribution in [0.4, 0.5) is 0 Å². The highest BCUT2D eigenvalue weighted by Gasteiger charge is 2.50. The predicted molar refractivity (Wildman–Crippen MR) is 71.2 cm³/mol. The van der Waals surface area contributed by atoms with Gasteiger partial charge in [0.05, 0.1) is 0 Å². The van der Waals surface area contributed by atoms with E-state index in [1.807, 2.05) is 0 Å². The first kappa shape index (κ1) is 11.9. The van der Waals surface area contributed by atoms with Gasteiger partial charge in [-0.15, -0.1) is 0 Å². The molecule has 98 valence electrons. The van der Waals surface area contributed by atoms with Crippen LogP contribution in [0.2, 0.25) is 0 Å². The van der Waals surface area contributed by atoms with Gasteiger partial charge in [-0.25, -0.2) is 0 Å². The third kappa shape index (κ3) is 2.38. The van der Waals surface area contributed by atoms with Crippen molar-refractivity contribution in [1.29, 1.82) is 0 Å². The average molecular weight is 237 g/mol. The van der Waals surface area contributed by atoms with E-state index in [9.17, 15) is 0 Å². The maximum atomic E-state index is 2.71. The fourth-order valence-corrected chi connectivity index (χ4v) is 4.18. The molecule has 3 heterocycles. The summed E-state index contributed by atoms with van der Waals surface area (Å²) in [5.74, 6) is 0.980. The van der Waals surface area contributed by atoms with Crippen molar-refractivity contribution >= 4 is 0 Å². The molecule has 0 amide bonds. The summed E-state index contributed by atoms with van der Waals surface area (Å²) in [6.07, 6.45) is 2.86. The van der Waals surface area contributed by atoms with Gasteiger partial charge in [-0.3, -0.25) is 0 Å². The van der Waals surface area contributed by atoms with E-state index in [1.165, 1.54) is 65.2 Å². The van der Waals surface area contributed by atoms with Crippen LogP contribution >= 0.6 is 0 Å². The summed E-state index contributed by atoms with van der Waals surface area (Å²) in [7, 11) is 2.24. The second-order valence-electron chi connectivity index (χ2n) is 6.72. The highest BCUT2D eigenvalue weighted by Crippen LogP contribution is 2.39. The van der Waals surface area contributed by atoms with Gasteiger partial charge in [-0.05, 0) is 45.4 Å². The molecule has 3 aliphatic rings. The van der Waals surface area contributed by atoms with Crippen LogP contribution in [-0.4, -0.2) is 74.1 Å². The van der Waals surface area contributed by atoms with Crippen molar-refractivity contribution in [3.63, 3.8) is 0 Å². The molecule has 0 aliphatic carbocycles. The number of hydrogen-bond acceptors (Lipinski definition) is 3. The van der Waals surface area contributed by atoms with E-state index >= 15 is 0 Å². The summed E-state index contributed by atoms with van der Waals surface area (Å²) >= 11 is 0. The third-order valence-electron chi connectivity index (χ3n) is 5.00. The Hall–Kier alpha value is -0.120. The Morgan fingerprint density at radius 3 is 2.18 bits per heavy atom. The SMILES string of the molecule is CCN1CCC(CN2CC3(CN(C)C3)C2)CC1. The summed E-state index contributed by atoms with van der Waals surface area (Å²) in [6, 6.07) is 0. The van der Waals surface area contributed by atoms with Gasteiger partial charge in [0.15, 0.2) is 0 Å². The van der Waals surface area contributed by atoms with E-state index in [0.717, 1.165) is 11.3 Å². The second kappa shape index (κ2) is 4.52. The molecule has 1 spiro atoms. The van der Waals surface area contributed by atoms with Crippen LogP contribution in [0.1, 0.15) is 19.8 Å². The van der Waals surface area contributed by atoms with Crippen molar-refractivity contribution in [2.24, 2.45) is 11.3 Å². The third-order valence-corrected chi connectivity index (χ3v) is 5.00. The Morgan fingerprint density at radius 1 is 1.00 bits per heavy atom. The van der Waals surface area contributed by atoms with Gasteiger partial charge in [0.25, 0.3) is 0 Å². The van der Waals surface area contributed by atoms with Crippen molar-refractivity contribution in [1.82, 2.24) is 14.7 Å². The van der Waals surface area contributed by atoms with E-state index < -0.39 is 0 Å². The highest BCUT2D eigenvalue weighted by molar-refractivity contribution is 5.04. The maximum Gasteiger partial charge on any atom is 0.0212 e. The maximum absolute atomic E-state index is 2.71. The Morgan fingerprint density at radius 2 is 1.65 bits per heavy atom. The molecule has 3 heteroatoms. The largest absolute Gasteiger partial charge is 0.305 e. The number of likely N-dealkylation sites (tertiary alicyclic amines) is 3. The van der Waals surface area contributed by atoms with Gasteiger partial charge in [0.1, 0.15) is 0 Å². The minimum Gasteiger partial charge on any atom is -0.305 e. The van der Waals surface area contributed by atoms with Crippen molar-refractivity contribution < 1.29 is 0 Å². The number of rotatable bonds is 3. The summed E-state index contributed by atoms with van der Waals surface area (Å²) in [4.78, 5) is 7.76. The minimum atomic E-state index is 0.721. The molecule has 3 aliphatic heterocycles. The lowest BCUT2D eigenvalue weighted by Crippen LogP contribution is -2.71. The molecule has 0 aromatic heterocycles. The van der Waals surface area contributed by atoms with Crippen LogP contribution < -0.4 is 0 Å². The zero-order valence-corrected chi connectivity index (χ0v) is 11.5. The van der Waals surface area contributed by atoms with Crippen LogP contribution in [0.3, 0.4) is 0 Å². The normalized spacial score (nSPS) is 31.4. The molecule has 3 saturated heterocycles. The van der Waals surface area contributed by atoms with Crippen LogP contribution in [0.5, 0.6) is 0 Å². The molecule has 0 N–H and O–H groups in total. The van der Waals surface area contributed by atoms with Crippen LogP contribution in [0.25, 0.3) is 0 Å². The molecule has 0 aromatic carbocycles. The van der Waals surface area contributed by atoms with Gasteiger partial charge in [0, 0.05) is 38.1 Å². The van der Waals surface area contributed by atoms with Gasteiger partial charge >= 0.3 is 0 Å². The van der Waals surface area contributed by atoms with E-state index in [4.69, 9.17) is 0 Å². The lowest BCUT2D eigenvalue weighted by Gasteiger charge is -2.60. The molecular formula is C14H27N3. The standard InChI is InChI=1S/C14H27N3/c1-3-16-6-4-13(5-7-16)8-17-11-14(12-17)9-15(2)10-14/h13H,3-12H2,1-2H3. The van der Waals surface area contributed by atoms with E-state index in [2.05, 4.69) is 28.7 Å². The molecular weight excluding hydrogens is 210 g/mol. The van der Waals surface area contributed by atoms with Crippen molar-refractivity contribution in [3.05, 3.63) is 0 Å². The Kier molecular flexibility index (Phi) is 3.18. The number of piperidine rings is 1. The Balaban J connectivity index is 1.36. The fraction of sp³-hybridized carbons (Fsp3) is 1.00. The fourth-order valence-electron chi connectivity index (χ4n) is 4.18. The minimum absolute atomic E-state index is 0.721. The summed E-state index contributed by atoms with van der Waals surface area (Å²) < 4.78 is 0. The van der Waals surface area contributed by atoms with Crippen molar-refractivity contribution in [3.8, 4) is 0 Å². The molecule has 0 unspecified atom stereocenters. The molecule has 3 rings (SSSR count).